The molecule has 5 nitrogen and oxygen atoms in total. The third-order valence-electron chi connectivity index (χ3n) is 3.24. The van der Waals surface area contributed by atoms with Gasteiger partial charge in [0.2, 0.25) is 11.8 Å². The lowest BCUT2D eigenvalue weighted by Gasteiger charge is -2.22. The number of benzene rings is 1. The molecule has 0 radical (unpaired) electrons. The summed E-state index contributed by atoms with van der Waals surface area (Å²) in [6.45, 7) is 0.625. The SMILES string of the molecule is CN(C)c1ccc(CNC2CCC(=O)NC2=O)cc1. The molecule has 1 aromatic rings. The van der Waals surface area contributed by atoms with Crippen molar-refractivity contribution in [2.24, 2.45) is 0 Å². The van der Waals surface area contributed by atoms with Crippen LogP contribution in [0.2, 0.25) is 0 Å². The normalized spacial score (nSPS) is 19.2. The molecule has 1 saturated heterocycles. The largest absolute Gasteiger partial charge is 0.378 e. The second-order valence-corrected chi connectivity index (χ2v) is 4.95. The van der Waals surface area contributed by atoms with Crippen molar-refractivity contribution in [1.82, 2.24) is 10.6 Å². The topological polar surface area (TPSA) is 61.4 Å². The molecule has 1 aliphatic heterocycles. The molecule has 0 saturated carbocycles. The summed E-state index contributed by atoms with van der Waals surface area (Å²) in [4.78, 5) is 24.6. The van der Waals surface area contributed by atoms with E-state index < -0.39 is 0 Å². The zero-order chi connectivity index (χ0) is 13.8. The number of nitrogens with zero attached hydrogens (tertiary/aromatic N) is 1. The Morgan fingerprint density at radius 3 is 2.53 bits per heavy atom. The van der Waals surface area contributed by atoms with Crippen LogP contribution in [0.5, 0.6) is 0 Å². The molecule has 1 aromatic carbocycles. The quantitative estimate of drug-likeness (QED) is 0.781. The Morgan fingerprint density at radius 2 is 1.95 bits per heavy atom. The van der Waals surface area contributed by atoms with Crippen molar-refractivity contribution in [2.75, 3.05) is 19.0 Å². The van der Waals surface area contributed by atoms with Crippen LogP contribution in [-0.4, -0.2) is 32.0 Å². The van der Waals surface area contributed by atoms with Crippen molar-refractivity contribution >= 4 is 17.5 Å². The number of amides is 2. The summed E-state index contributed by atoms with van der Waals surface area (Å²) in [5.41, 5.74) is 2.26. The van der Waals surface area contributed by atoms with Crippen LogP contribution in [0.15, 0.2) is 24.3 Å². The van der Waals surface area contributed by atoms with Gasteiger partial charge in [0.15, 0.2) is 0 Å². The van der Waals surface area contributed by atoms with Crippen LogP contribution in [0.3, 0.4) is 0 Å². The fourth-order valence-electron chi connectivity index (χ4n) is 2.04. The average molecular weight is 261 g/mol. The molecule has 1 atom stereocenters. The third-order valence-corrected chi connectivity index (χ3v) is 3.24. The van der Waals surface area contributed by atoms with Gasteiger partial charge in [-0.05, 0) is 24.1 Å². The molecule has 1 heterocycles. The van der Waals surface area contributed by atoms with E-state index in [-0.39, 0.29) is 17.9 Å². The van der Waals surface area contributed by atoms with Crippen molar-refractivity contribution < 1.29 is 9.59 Å². The molecule has 102 valence electrons. The molecule has 2 rings (SSSR count). The molecule has 0 aliphatic carbocycles. The first-order chi connectivity index (χ1) is 9.06. The summed E-state index contributed by atoms with van der Waals surface area (Å²) in [6.07, 6.45) is 0.976. The molecule has 0 aromatic heterocycles. The molecule has 0 spiro atoms. The van der Waals surface area contributed by atoms with Gasteiger partial charge in [-0.25, -0.2) is 0 Å². The van der Waals surface area contributed by atoms with Crippen molar-refractivity contribution in [1.29, 1.82) is 0 Å². The van der Waals surface area contributed by atoms with Crippen LogP contribution in [0.1, 0.15) is 18.4 Å². The summed E-state index contributed by atoms with van der Waals surface area (Å²) in [5, 5.41) is 5.52. The lowest BCUT2D eigenvalue weighted by molar-refractivity contribution is -0.134. The highest BCUT2D eigenvalue weighted by Crippen LogP contribution is 2.12. The highest BCUT2D eigenvalue weighted by Gasteiger charge is 2.25. The van der Waals surface area contributed by atoms with Crippen LogP contribution in [0.25, 0.3) is 0 Å². The number of piperidine rings is 1. The maximum absolute atomic E-state index is 11.6. The number of hydrogen-bond acceptors (Lipinski definition) is 4. The Balaban J connectivity index is 1.88. The molecule has 2 N–H and O–H groups in total. The Labute approximate surface area is 113 Å². The fraction of sp³-hybridized carbons (Fsp3) is 0.429. The number of rotatable bonds is 4. The fourth-order valence-corrected chi connectivity index (χ4v) is 2.04. The number of carbonyl (C=O) groups is 2. The van der Waals surface area contributed by atoms with E-state index in [0.717, 1.165) is 11.3 Å². The maximum atomic E-state index is 11.6. The van der Waals surface area contributed by atoms with E-state index in [0.29, 0.717) is 19.4 Å². The van der Waals surface area contributed by atoms with Crippen molar-refractivity contribution in [3.63, 3.8) is 0 Å². The van der Waals surface area contributed by atoms with Gasteiger partial charge in [0, 0.05) is 32.7 Å². The zero-order valence-electron chi connectivity index (χ0n) is 11.3. The zero-order valence-corrected chi connectivity index (χ0v) is 11.3. The summed E-state index contributed by atoms with van der Waals surface area (Å²) < 4.78 is 0. The van der Waals surface area contributed by atoms with Gasteiger partial charge in [0.1, 0.15) is 0 Å². The molecule has 0 bridgehead atoms. The molecular weight excluding hydrogens is 242 g/mol. The second kappa shape index (κ2) is 5.84. The van der Waals surface area contributed by atoms with Gasteiger partial charge in [0.25, 0.3) is 0 Å². The standard InChI is InChI=1S/C14H19N3O2/c1-17(2)11-5-3-10(4-6-11)9-15-12-7-8-13(18)16-14(12)19/h3-6,12,15H,7-9H2,1-2H3,(H,16,18,19). The van der Waals surface area contributed by atoms with Gasteiger partial charge in [-0.2, -0.15) is 0 Å². The van der Waals surface area contributed by atoms with Crippen LogP contribution in [0.4, 0.5) is 5.69 Å². The minimum absolute atomic E-state index is 0.182. The summed E-state index contributed by atoms with van der Waals surface area (Å²) in [5.74, 6) is -0.403. The van der Waals surface area contributed by atoms with Crippen molar-refractivity contribution in [3.05, 3.63) is 29.8 Å². The molecule has 1 unspecified atom stereocenters. The average Bonchev–Trinajstić information content (AvgIpc) is 2.38. The predicted molar refractivity (Wildman–Crippen MR) is 73.8 cm³/mol. The Morgan fingerprint density at radius 1 is 1.26 bits per heavy atom. The van der Waals surface area contributed by atoms with Crippen molar-refractivity contribution in [3.8, 4) is 0 Å². The highest BCUT2D eigenvalue weighted by atomic mass is 16.2. The van der Waals surface area contributed by atoms with Gasteiger partial charge in [-0.3, -0.25) is 14.9 Å². The number of hydrogen-bond donors (Lipinski definition) is 2. The highest BCUT2D eigenvalue weighted by molar-refractivity contribution is 6.00. The van der Waals surface area contributed by atoms with Gasteiger partial charge in [-0.1, -0.05) is 12.1 Å². The molecule has 5 heteroatoms. The Hall–Kier alpha value is -1.88. The van der Waals surface area contributed by atoms with E-state index in [9.17, 15) is 9.59 Å². The first-order valence-corrected chi connectivity index (χ1v) is 6.39. The van der Waals surface area contributed by atoms with E-state index >= 15 is 0 Å². The third kappa shape index (κ3) is 3.54. The molecule has 2 amide bonds. The van der Waals surface area contributed by atoms with E-state index in [1.165, 1.54) is 0 Å². The molecule has 1 aliphatic rings. The van der Waals surface area contributed by atoms with Crippen LogP contribution < -0.4 is 15.5 Å². The second-order valence-electron chi connectivity index (χ2n) is 4.95. The Kier molecular flexibility index (Phi) is 4.16. The summed E-state index contributed by atoms with van der Waals surface area (Å²) in [7, 11) is 3.99. The number of nitrogens with one attached hydrogen (secondary N) is 2. The molecular formula is C14H19N3O2. The minimum Gasteiger partial charge on any atom is -0.378 e. The lowest BCUT2D eigenvalue weighted by Crippen LogP contribution is -2.50. The lowest BCUT2D eigenvalue weighted by atomic mass is 10.1. The smallest absolute Gasteiger partial charge is 0.243 e. The predicted octanol–water partition coefficient (Wildman–Crippen LogP) is 0.647. The van der Waals surface area contributed by atoms with Crippen LogP contribution >= 0.6 is 0 Å². The monoisotopic (exact) mass is 261 g/mol. The van der Waals surface area contributed by atoms with E-state index in [4.69, 9.17) is 0 Å². The summed E-state index contributed by atoms with van der Waals surface area (Å²) >= 11 is 0. The first kappa shape index (κ1) is 13.5. The minimum atomic E-state index is -0.272. The van der Waals surface area contributed by atoms with Gasteiger partial charge >= 0.3 is 0 Å². The molecule has 1 fully saturated rings. The number of carbonyl (C=O) groups excluding carboxylic acids is 2. The van der Waals surface area contributed by atoms with E-state index in [2.05, 4.69) is 10.6 Å². The van der Waals surface area contributed by atoms with Crippen molar-refractivity contribution in [2.45, 2.75) is 25.4 Å². The van der Waals surface area contributed by atoms with Crippen LogP contribution in [0, 0.1) is 0 Å². The van der Waals surface area contributed by atoms with Crippen LogP contribution in [-0.2, 0) is 16.1 Å². The van der Waals surface area contributed by atoms with E-state index in [1.807, 2.05) is 43.3 Å². The number of anilines is 1. The van der Waals surface area contributed by atoms with Gasteiger partial charge < -0.3 is 10.2 Å². The van der Waals surface area contributed by atoms with Gasteiger partial charge in [-0.15, -0.1) is 0 Å². The summed E-state index contributed by atoms with van der Waals surface area (Å²) in [6, 6.07) is 7.89. The Bertz CT molecular complexity index is 468. The van der Waals surface area contributed by atoms with E-state index in [1.54, 1.807) is 0 Å². The molecule has 19 heavy (non-hydrogen) atoms. The maximum Gasteiger partial charge on any atom is 0.243 e. The van der Waals surface area contributed by atoms with Gasteiger partial charge in [0.05, 0.1) is 6.04 Å². The first-order valence-electron chi connectivity index (χ1n) is 6.39. The number of imide groups is 1.